The van der Waals surface area contributed by atoms with Crippen molar-refractivity contribution in [2.45, 2.75) is 102 Å². The van der Waals surface area contributed by atoms with Crippen molar-refractivity contribution in [1.82, 2.24) is 4.90 Å². The summed E-state index contributed by atoms with van der Waals surface area (Å²) in [6.07, 6.45) is 10.0. The van der Waals surface area contributed by atoms with Gasteiger partial charge in [-0.1, -0.05) is 48.4 Å². The molecule has 0 spiro atoms. The average Bonchev–Trinajstić information content (AvgIpc) is 3.14. The maximum absolute atomic E-state index is 14.4. The predicted octanol–water partition coefficient (Wildman–Crippen LogP) is 8.18. The summed E-state index contributed by atoms with van der Waals surface area (Å²) in [5.74, 6) is -2.04. The number of oxime groups is 1. The number of nitrogens with zero attached hydrogens (tertiary/aromatic N) is 2. The van der Waals surface area contributed by atoms with E-state index in [-0.39, 0.29) is 62.9 Å². The molecule has 3 aliphatic rings. The van der Waals surface area contributed by atoms with Crippen molar-refractivity contribution in [2.75, 3.05) is 26.4 Å². The number of carbonyl (C=O) groups excluding carboxylic acids is 1. The van der Waals surface area contributed by atoms with Crippen molar-refractivity contribution >= 4 is 11.8 Å². The molecule has 6 unspecified atom stereocenters. The Kier molecular flexibility index (Phi) is 14.0. The molecule has 2 aromatic carbocycles. The molecule has 0 aromatic heterocycles. The molecule has 0 bridgehead atoms. The van der Waals surface area contributed by atoms with Gasteiger partial charge in [0.2, 0.25) is 5.79 Å². The van der Waals surface area contributed by atoms with E-state index in [9.17, 15) is 24.5 Å². The van der Waals surface area contributed by atoms with E-state index in [0.29, 0.717) is 36.3 Å². The van der Waals surface area contributed by atoms with E-state index in [2.05, 4.69) is 19.2 Å². The molecule has 2 aliphatic carbocycles. The number of amides is 1. The van der Waals surface area contributed by atoms with Gasteiger partial charge in [-0.15, -0.1) is 13.2 Å². The standard InChI is InChI=1S/C43H57FN2O8/c1-6-8-24-51-41(50)46(28-29-15-17-31(44)18-16-29)38-27-36(45-54-42(3,4)5)34-25-30(13-9-11-21-47)33(14-10-12-22-48)39-35-26-32(49)19-20-37(35)53-43(38,40(34)39)52-23-7-2/h6-7,15-20,25-26,30,33,38-40,47-49H,1-2,8-14,21-24,27-28H2,3-5H3. The maximum atomic E-state index is 14.4. The smallest absolute Gasteiger partial charge is 0.410 e. The molecular weight excluding hydrogens is 691 g/mol. The molecule has 0 radical (unpaired) electrons. The van der Waals surface area contributed by atoms with Gasteiger partial charge in [-0.2, -0.15) is 0 Å². The van der Waals surface area contributed by atoms with Crippen LogP contribution in [0.4, 0.5) is 9.18 Å². The Morgan fingerprint density at radius 3 is 2.44 bits per heavy atom. The summed E-state index contributed by atoms with van der Waals surface area (Å²) in [5.41, 5.74) is 2.39. The van der Waals surface area contributed by atoms with Crippen LogP contribution in [-0.4, -0.2) is 75.9 Å². The molecule has 1 saturated carbocycles. The Morgan fingerprint density at radius 2 is 1.78 bits per heavy atom. The third kappa shape index (κ3) is 9.36. The number of ether oxygens (including phenoxy) is 3. The first-order valence-corrected chi connectivity index (χ1v) is 19.2. The van der Waals surface area contributed by atoms with E-state index in [0.717, 1.165) is 36.8 Å². The first-order chi connectivity index (χ1) is 26.0. The van der Waals surface area contributed by atoms with Crippen molar-refractivity contribution in [3.05, 3.63) is 96.4 Å². The first kappa shape index (κ1) is 41.0. The summed E-state index contributed by atoms with van der Waals surface area (Å²) in [6, 6.07) is 10.3. The van der Waals surface area contributed by atoms with Gasteiger partial charge in [0.25, 0.3) is 0 Å². The molecule has 1 aliphatic heterocycles. The fraction of sp³-hybridized carbons (Fsp3) is 0.535. The first-order valence-electron chi connectivity index (χ1n) is 19.2. The minimum absolute atomic E-state index is 0.00812. The van der Waals surface area contributed by atoms with Crippen LogP contribution in [0.3, 0.4) is 0 Å². The number of aliphatic hydroxyl groups excluding tert-OH is 2. The fourth-order valence-corrected chi connectivity index (χ4v) is 8.25. The molecular formula is C43H57FN2O8. The van der Waals surface area contributed by atoms with Crippen molar-refractivity contribution in [1.29, 1.82) is 0 Å². The number of hydrogen-bond acceptors (Lipinski definition) is 9. The zero-order chi connectivity index (χ0) is 38.9. The van der Waals surface area contributed by atoms with Crippen LogP contribution in [0.5, 0.6) is 11.5 Å². The Hall–Kier alpha value is -4.19. The molecule has 1 heterocycles. The summed E-state index contributed by atoms with van der Waals surface area (Å²) in [7, 11) is 0. The molecule has 10 nitrogen and oxygen atoms in total. The molecule has 11 heteroatoms. The molecule has 1 amide bonds. The van der Waals surface area contributed by atoms with Crippen LogP contribution in [0.2, 0.25) is 0 Å². The lowest BCUT2D eigenvalue weighted by Gasteiger charge is -2.59. The Bertz CT molecular complexity index is 1650. The number of halogens is 1. The molecule has 5 rings (SSSR count). The van der Waals surface area contributed by atoms with Crippen molar-refractivity contribution in [2.24, 2.45) is 22.9 Å². The Labute approximate surface area is 318 Å². The average molecular weight is 749 g/mol. The molecule has 1 fully saturated rings. The topological polar surface area (TPSA) is 130 Å². The van der Waals surface area contributed by atoms with E-state index >= 15 is 0 Å². The summed E-state index contributed by atoms with van der Waals surface area (Å²) in [6.45, 7) is 13.9. The number of fused-ring (bicyclic) bond motifs is 2. The van der Waals surface area contributed by atoms with E-state index < -0.39 is 35.3 Å². The third-order valence-corrected chi connectivity index (χ3v) is 10.5. The number of allylic oxidation sites excluding steroid dienone is 1. The van der Waals surface area contributed by atoms with E-state index in [1.165, 1.54) is 12.1 Å². The highest BCUT2D eigenvalue weighted by atomic mass is 19.1. The summed E-state index contributed by atoms with van der Waals surface area (Å²) in [5, 5.41) is 35.3. The lowest BCUT2D eigenvalue weighted by atomic mass is 9.55. The number of unbranched alkanes of at least 4 members (excludes halogenated alkanes) is 2. The third-order valence-electron chi connectivity index (χ3n) is 10.5. The molecule has 54 heavy (non-hydrogen) atoms. The van der Waals surface area contributed by atoms with Crippen LogP contribution in [0, 0.1) is 23.6 Å². The second-order valence-corrected chi connectivity index (χ2v) is 15.4. The molecule has 3 N–H and O–H groups in total. The van der Waals surface area contributed by atoms with Gasteiger partial charge in [0.1, 0.15) is 29.0 Å². The highest BCUT2D eigenvalue weighted by Gasteiger charge is 2.65. The maximum Gasteiger partial charge on any atom is 0.410 e. The van der Waals surface area contributed by atoms with Gasteiger partial charge in [0.15, 0.2) is 0 Å². The van der Waals surface area contributed by atoms with Crippen molar-refractivity contribution in [3.8, 4) is 11.5 Å². The van der Waals surface area contributed by atoms with Crippen LogP contribution in [0.15, 0.2) is 84.6 Å². The number of benzene rings is 2. The number of rotatable bonds is 18. The number of aliphatic hydroxyl groups is 2. The SMILES string of the molecule is C=CCCOC(=O)N(Cc1ccc(F)cc1)C1CC(=NOC(C)(C)C)C2=CC(CCCCO)C(CCCCO)C3c4cc(O)ccc4OC1(OCC=C)C23. The quantitative estimate of drug-likeness (QED) is 0.0791. The molecule has 2 aromatic rings. The molecule has 6 atom stereocenters. The minimum Gasteiger partial charge on any atom is -0.508 e. The highest BCUT2D eigenvalue weighted by molar-refractivity contribution is 6.03. The number of aromatic hydroxyl groups is 1. The van der Waals surface area contributed by atoms with E-state index in [1.54, 1.807) is 47.4 Å². The monoisotopic (exact) mass is 748 g/mol. The van der Waals surface area contributed by atoms with Crippen LogP contribution < -0.4 is 4.74 Å². The van der Waals surface area contributed by atoms with Crippen molar-refractivity contribution in [3.63, 3.8) is 0 Å². The van der Waals surface area contributed by atoms with Gasteiger partial charge in [0.05, 0.1) is 24.8 Å². The number of phenols is 1. The van der Waals surface area contributed by atoms with Gasteiger partial charge in [-0.05, 0) is 106 Å². The van der Waals surface area contributed by atoms with Gasteiger partial charge in [-0.3, -0.25) is 4.90 Å². The Balaban J connectivity index is 1.79. The molecule has 0 saturated heterocycles. The minimum atomic E-state index is -1.50. The van der Waals surface area contributed by atoms with Crippen molar-refractivity contribution < 1.29 is 43.6 Å². The normalized spacial score (nSPS) is 25.1. The second-order valence-electron chi connectivity index (χ2n) is 15.4. The van der Waals surface area contributed by atoms with Crippen LogP contribution in [0.25, 0.3) is 0 Å². The van der Waals surface area contributed by atoms with Crippen LogP contribution >= 0.6 is 0 Å². The summed E-state index contributed by atoms with van der Waals surface area (Å²) >= 11 is 0. The Morgan fingerprint density at radius 1 is 1.06 bits per heavy atom. The number of carbonyl (C=O) groups is 1. The fourth-order valence-electron chi connectivity index (χ4n) is 8.25. The summed E-state index contributed by atoms with van der Waals surface area (Å²) < 4.78 is 34.1. The van der Waals surface area contributed by atoms with E-state index in [4.69, 9.17) is 24.2 Å². The summed E-state index contributed by atoms with van der Waals surface area (Å²) in [4.78, 5) is 22.1. The van der Waals surface area contributed by atoms with Gasteiger partial charge in [-0.25, -0.2) is 9.18 Å². The largest absolute Gasteiger partial charge is 0.508 e. The van der Waals surface area contributed by atoms with E-state index in [1.807, 2.05) is 20.8 Å². The lowest BCUT2D eigenvalue weighted by Crippen LogP contribution is -2.70. The second kappa shape index (κ2) is 18.4. The zero-order valence-corrected chi connectivity index (χ0v) is 31.9. The van der Waals surface area contributed by atoms with Gasteiger partial charge in [0, 0.05) is 37.7 Å². The van der Waals surface area contributed by atoms with Gasteiger partial charge < -0.3 is 34.4 Å². The number of hydrogen-bond donors (Lipinski definition) is 3. The lowest BCUT2D eigenvalue weighted by molar-refractivity contribution is -0.256. The highest BCUT2D eigenvalue weighted by Crippen LogP contribution is 2.62. The predicted molar refractivity (Wildman–Crippen MR) is 206 cm³/mol. The number of phenolic OH excluding ortho intramolecular Hbond substituents is 1. The molecule has 294 valence electrons. The van der Waals surface area contributed by atoms with Crippen LogP contribution in [0.1, 0.15) is 89.2 Å². The van der Waals surface area contributed by atoms with Gasteiger partial charge >= 0.3 is 6.09 Å². The van der Waals surface area contributed by atoms with Crippen LogP contribution in [-0.2, 0) is 20.9 Å². The zero-order valence-electron chi connectivity index (χ0n) is 31.9.